The summed E-state index contributed by atoms with van der Waals surface area (Å²) >= 11 is 0. The Morgan fingerprint density at radius 1 is 0.889 bits per heavy atom. The van der Waals surface area contributed by atoms with Crippen LogP contribution in [0.2, 0.25) is 0 Å². The standard InChI is InChI=1S/C18H13F2N5O2.C8H9F/c1-26-18-13(20)9-21-17(22-18)15-8-16(14-6-7-27-24-14)25(23-15)10-11-4-2-3-5-12(11)19;1-2-7-5-3-4-6-8(7)9/h2-9H,10H2,1H3;3-6H,2H2,1H3. The van der Waals surface area contributed by atoms with Crippen LogP contribution in [-0.2, 0) is 13.0 Å². The average molecular weight is 493 g/mol. The third-order valence-electron chi connectivity index (χ3n) is 5.23. The zero-order chi connectivity index (χ0) is 25.5. The van der Waals surface area contributed by atoms with Gasteiger partial charge in [-0.3, -0.25) is 4.68 Å². The molecule has 3 aromatic heterocycles. The molecule has 0 aliphatic carbocycles. The van der Waals surface area contributed by atoms with E-state index in [0.29, 0.717) is 22.6 Å². The van der Waals surface area contributed by atoms with Crippen molar-refractivity contribution in [1.29, 1.82) is 0 Å². The van der Waals surface area contributed by atoms with Gasteiger partial charge in [0, 0.05) is 11.6 Å². The summed E-state index contributed by atoms with van der Waals surface area (Å²) in [4.78, 5) is 7.98. The Bertz CT molecular complexity index is 1440. The van der Waals surface area contributed by atoms with Crippen LogP contribution in [0.3, 0.4) is 0 Å². The highest BCUT2D eigenvalue weighted by molar-refractivity contribution is 5.62. The van der Waals surface area contributed by atoms with Crippen molar-refractivity contribution in [3.8, 4) is 28.8 Å². The molecule has 0 aliphatic heterocycles. The Labute approximate surface area is 205 Å². The summed E-state index contributed by atoms with van der Waals surface area (Å²) in [6, 6.07) is 16.6. The fourth-order valence-electron chi connectivity index (χ4n) is 3.39. The molecule has 0 amide bonds. The van der Waals surface area contributed by atoms with Gasteiger partial charge in [-0.2, -0.15) is 14.5 Å². The summed E-state index contributed by atoms with van der Waals surface area (Å²) in [5.41, 5.74) is 2.70. The maximum atomic E-state index is 14.1. The van der Waals surface area contributed by atoms with Crippen molar-refractivity contribution in [2.24, 2.45) is 0 Å². The second-order valence-electron chi connectivity index (χ2n) is 7.54. The molecule has 3 heterocycles. The van der Waals surface area contributed by atoms with Crippen LogP contribution in [0.25, 0.3) is 22.9 Å². The smallest absolute Gasteiger partial charge is 0.253 e. The quantitative estimate of drug-likeness (QED) is 0.301. The molecule has 2 aromatic carbocycles. The van der Waals surface area contributed by atoms with Crippen LogP contribution in [0.15, 0.2) is 77.6 Å². The Hall–Kier alpha value is -4.47. The fourth-order valence-corrected chi connectivity index (χ4v) is 3.39. The summed E-state index contributed by atoms with van der Waals surface area (Å²) in [7, 11) is 1.31. The van der Waals surface area contributed by atoms with Crippen molar-refractivity contribution < 1.29 is 22.4 Å². The van der Waals surface area contributed by atoms with Gasteiger partial charge < -0.3 is 9.26 Å². The molecule has 7 nitrogen and oxygen atoms in total. The lowest BCUT2D eigenvalue weighted by Crippen LogP contribution is -2.06. The third kappa shape index (κ3) is 5.60. The van der Waals surface area contributed by atoms with Crippen LogP contribution in [-0.4, -0.2) is 32.0 Å². The Kier molecular flexibility index (Phi) is 7.74. The van der Waals surface area contributed by atoms with Crippen LogP contribution in [0.5, 0.6) is 5.88 Å². The average Bonchev–Trinajstić information content (AvgIpc) is 3.57. The van der Waals surface area contributed by atoms with E-state index in [9.17, 15) is 13.2 Å². The molecule has 5 rings (SSSR count). The monoisotopic (exact) mass is 493 g/mol. The van der Waals surface area contributed by atoms with E-state index in [0.717, 1.165) is 18.2 Å². The van der Waals surface area contributed by atoms with Gasteiger partial charge in [-0.1, -0.05) is 48.5 Å². The maximum absolute atomic E-state index is 14.1. The molecule has 36 heavy (non-hydrogen) atoms. The molecule has 0 atom stereocenters. The molecule has 0 fully saturated rings. The van der Waals surface area contributed by atoms with Crippen LogP contribution >= 0.6 is 0 Å². The van der Waals surface area contributed by atoms with Crippen LogP contribution in [0.4, 0.5) is 13.2 Å². The van der Waals surface area contributed by atoms with Crippen LogP contribution in [0.1, 0.15) is 18.1 Å². The molecular weight excluding hydrogens is 471 g/mol. The van der Waals surface area contributed by atoms with Gasteiger partial charge in [-0.25, -0.2) is 13.8 Å². The molecule has 0 N–H and O–H groups in total. The SMILES string of the molecule is CCc1ccccc1F.COc1nc(-c2cc(-c3ccon3)n(Cc3ccccc3F)n2)ncc1F. The van der Waals surface area contributed by atoms with Crippen molar-refractivity contribution in [2.75, 3.05) is 7.11 Å². The zero-order valence-corrected chi connectivity index (χ0v) is 19.5. The van der Waals surface area contributed by atoms with Crippen LogP contribution in [0, 0.1) is 17.5 Å². The second kappa shape index (κ2) is 11.3. The third-order valence-corrected chi connectivity index (χ3v) is 5.23. The van der Waals surface area contributed by atoms with Crippen molar-refractivity contribution in [3.05, 3.63) is 102 Å². The van der Waals surface area contributed by atoms with Crippen molar-refractivity contribution >= 4 is 0 Å². The number of hydrogen-bond donors (Lipinski definition) is 0. The number of ether oxygens (including phenoxy) is 1. The maximum Gasteiger partial charge on any atom is 0.253 e. The summed E-state index contributed by atoms with van der Waals surface area (Å²) < 4.78 is 51.6. The van der Waals surface area contributed by atoms with Gasteiger partial charge in [0.2, 0.25) is 5.82 Å². The van der Waals surface area contributed by atoms with E-state index in [-0.39, 0.29) is 29.9 Å². The summed E-state index contributed by atoms with van der Waals surface area (Å²) in [5, 5.41) is 8.35. The van der Waals surface area contributed by atoms with Crippen molar-refractivity contribution in [3.63, 3.8) is 0 Å². The minimum atomic E-state index is -0.677. The lowest BCUT2D eigenvalue weighted by molar-refractivity contribution is 0.367. The lowest BCUT2D eigenvalue weighted by Gasteiger charge is -2.06. The number of benzene rings is 2. The summed E-state index contributed by atoms with van der Waals surface area (Å²) in [6.07, 6.45) is 3.20. The fraction of sp³-hybridized carbons (Fsp3) is 0.154. The first-order valence-electron chi connectivity index (χ1n) is 11.0. The highest BCUT2D eigenvalue weighted by atomic mass is 19.1. The van der Waals surface area contributed by atoms with Crippen molar-refractivity contribution in [1.82, 2.24) is 24.9 Å². The molecule has 0 aliphatic rings. The van der Waals surface area contributed by atoms with Gasteiger partial charge in [0.15, 0.2) is 5.82 Å². The minimum absolute atomic E-state index is 0.0972. The van der Waals surface area contributed by atoms with E-state index in [1.54, 1.807) is 47.1 Å². The molecule has 5 aromatic rings. The van der Waals surface area contributed by atoms with E-state index in [4.69, 9.17) is 9.26 Å². The van der Waals surface area contributed by atoms with Gasteiger partial charge >= 0.3 is 0 Å². The Balaban J connectivity index is 0.000000286. The number of aromatic nitrogens is 5. The molecule has 0 spiro atoms. The minimum Gasteiger partial charge on any atom is -0.479 e. The number of nitrogens with zero attached hydrogens (tertiary/aromatic N) is 5. The second-order valence-corrected chi connectivity index (χ2v) is 7.54. The molecule has 0 bridgehead atoms. The summed E-state index contributed by atoms with van der Waals surface area (Å²) in [6.45, 7) is 2.10. The van der Waals surface area contributed by atoms with E-state index in [1.807, 2.05) is 13.0 Å². The Morgan fingerprint density at radius 2 is 1.58 bits per heavy atom. The molecule has 0 radical (unpaired) electrons. The van der Waals surface area contributed by atoms with Gasteiger partial charge in [0.05, 0.1) is 25.5 Å². The highest BCUT2D eigenvalue weighted by Gasteiger charge is 2.18. The summed E-state index contributed by atoms with van der Waals surface area (Å²) in [5.74, 6) is -1.14. The molecule has 10 heteroatoms. The zero-order valence-electron chi connectivity index (χ0n) is 19.5. The van der Waals surface area contributed by atoms with E-state index in [2.05, 4.69) is 20.2 Å². The normalized spacial score (nSPS) is 10.6. The molecule has 0 saturated heterocycles. The van der Waals surface area contributed by atoms with E-state index < -0.39 is 5.82 Å². The number of rotatable bonds is 6. The number of halogens is 3. The number of hydrogen-bond acceptors (Lipinski definition) is 6. The van der Waals surface area contributed by atoms with Crippen LogP contribution < -0.4 is 4.74 Å². The largest absolute Gasteiger partial charge is 0.479 e. The molecule has 184 valence electrons. The van der Waals surface area contributed by atoms with Gasteiger partial charge in [0.25, 0.3) is 5.88 Å². The first-order chi connectivity index (χ1) is 17.5. The van der Waals surface area contributed by atoms with Gasteiger partial charge in [0.1, 0.15) is 29.3 Å². The lowest BCUT2D eigenvalue weighted by atomic mass is 10.2. The first kappa shape index (κ1) is 24.6. The van der Waals surface area contributed by atoms with E-state index in [1.165, 1.54) is 25.5 Å². The molecular formula is C26H22F3N5O2. The molecule has 0 unspecified atom stereocenters. The van der Waals surface area contributed by atoms with E-state index >= 15 is 0 Å². The highest BCUT2D eigenvalue weighted by Crippen LogP contribution is 2.26. The number of methoxy groups -OCH3 is 1. The number of aryl methyl sites for hydroxylation is 1. The van der Waals surface area contributed by atoms with Crippen molar-refractivity contribution in [2.45, 2.75) is 19.9 Å². The Morgan fingerprint density at radius 3 is 2.17 bits per heavy atom. The first-order valence-corrected chi connectivity index (χ1v) is 11.0. The van der Waals surface area contributed by atoms with Gasteiger partial charge in [-0.15, -0.1) is 0 Å². The molecule has 0 saturated carbocycles. The van der Waals surface area contributed by atoms with Gasteiger partial charge in [-0.05, 0) is 30.2 Å². The predicted molar refractivity (Wildman–Crippen MR) is 127 cm³/mol. The topological polar surface area (TPSA) is 78.9 Å². The predicted octanol–water partition coefficient (Wildman–Crippen LogP) is 5.72.